The number of ether oxygens (including phenoxy) is 5. The van der Waals surface area contributed by atoms with E-state index in [1.807, 2.05) is 0 Å². The van der Waals surface area contributed by atoms with Crippen molar-refractivity contribution < 1.29 is 48.0 Å². The molecule has 0 amide bonds. The fourth-order valence-electron chi connectivity index (χ4n) is 2.16. The van der Waals surface area contributed by atoms with Crippen LogP contribution in [0.4, 0.5) is 0 Å². The number of rotatable bonds is 6. The molecule has 10 nitrogen and oxygen atoms in total. The van der Waals surface area contributed by atoms with Crippen molar-refractivity contribution in [3.05, 3.63) is 0 Å². The molecule has 4 atom stereocenters. The molecule has 1 aliphatic rings. The van der Waals surface area contributed by atoms with Crippen molar-refractivity contribution in [2.45, 2.75) is 51.8 Å². The van der Waals surface area contributed by atoms with Gasteiger partial charge in [-0.15, -0.1) is 0 Å². The first-order valence-electron chi connectivity index (χ1n) is 7.06. The number of hydrogen-bond donors (Lipinski definition) is 1. The van der Waals surface area contributed by atoms with Gasteiger partial charge >= 0.3 is 23.9 Å². The summed E-state index contributed by atoms with van der Waals surface area (Å²) >= 11 is 0. The van der Waals surface area contributed by atoms with Crippen LogP contribution in [0.3, 0.4) is 0 Å². The molecule has 136 valence electrons. The molecule has 0 aromatic heterocycles. The molecule has 0 aliphatic carbocycles. The van der Waals surface area contributed by atoms with E-state index in [0.717, 1.165) is 27.7 Å². The predicted octanol–water partition coefficient (Wildman–Crippen LogP) is -0.937. The largest absolute Gasteiger partial charge is 0.463 e. The van der Waals surface area contributed by atoms with Crippen molar-refractivity contribution in [1.82, 2.24) is 0 Å². The molecule has 0 saturated carbocycles. The highest BCUT2D eigenvalue weighted by molar-refractivity contribution is 5.68. The maximum Gasteiger partial charge on any atom is 0.303 e. The van der Waals surface area contributed by atoms with Crippen molar-refractivity contribution in [2.24, 2.45) is 0 Å². The van der Waals surface area contributed by atoms with Gasteiger partial charge in [0.2, 0.25) is 5.79 Å². The Balaban J connectivity index is 3.07. The monoisotopic (exact) mass is 348 g/mol. The number of esters is 4. The molecule has 0 spiro atoms. The lowest BCUT2D eigenvalue weighted by Gasteiger charge is -2.28. The zero-order valence-corrected chi connectivity index (χ0v) is 13.8. The molecule has 1 fully saturated rings. The Labute approximate surface area is 137 Å². The summed E-state index contributed by atoms with van der Waals surface area (Å²) in [6.07, 6.45) is -3.85. The summed E-state index contributed by atoms with van der Waals surface area (Å²) in [4.78, 5) is 44.5. The quantitative estimate of drug-likeness (QED) is 0.473. The summed E-state index contributed by atoms with van der Waals surface area (Å²) in [5.74, 6) is -5.11. The summed E-state index contributed by atoms with van der Waals surface area (Å²) in [6, 6.07) is 0. The molecule has 0 bridgehead atoms. The minimum absolute atomic E-state index is 0.368. The average Bonchev–Trinajstić information content (AvgIpc) is 2.68. The number of hydrogen-bond acceptors (Lipinski definition) is 10. The summed E-state index contributed by atoms with van der Waals surface area (Å²) in [5.41, 5.74) is 0. The van der Waals surface area contributed by atoms with Crippen LogP contribution in [-0.2, 0) is 42.9 Å². The second-order valence-electron chi connectivity index (χ2n) is 5.19. The Morgan fingerprint density at radius 1 is 0.917 bits per heavy atom. The molecule has 24 heavy (non-hydrogen) atoms. The van der Waals surface area contributed by atoms with Crippen LogP contribution in [0.2, 0.25) is 0 Å². The van der Waals surface area contributed by atoms with Gasteiger partial charge in [-0.05, 0) is 0 Å². The summed E-state index contributed by atoms with van der Waals surface area (Å²) in [6.45, 7) is 3.42. The summed E-state index contributed by atoms with van der Waals surface area (Å²) < 4.78 is 24.9. The van der Waals surface area contributed by atoms with Crippen LogP contribution < -0.4 is 0 Å². The number of aliphatic hydroxyl groups is 1. The van der Waals surface area contributed by atoms with Gasteiger partial charge in [-0.1, -0.05) is 0 Å². The molecule has 0 radical (unpaired) electrons. The van der Waals surface area contributed by atoms with Gasteiger partial charge in [0.25, 0.3) is 0 Å². The molecule has 1 saturated heterocycles. The van der Waals surface area contributed by atoms with Crippen molar-refractivity contribution in [2.75, 3.05) is 13.2 Å². The molecule has 10 heteroatoms. The maximum atomic E-state index is 11.3. The van der Waals surface area contributed by atoms with Gasteiger partial charge in [-0.2, -0.15) is 0 Å². The van der Waals surface area contributed by atoms with Crippen LogP contribution in [0.15, 0.2) is 0 Å². The molecular weight excluding hydrogens is 328 g/mol. The minimum atomic E-state index is -2.26. The second-order valence-corrected chi connectivity index (χ2v) is 5.19. The molecule has 0 aromatic rings. The third-order valence-electron chi connectivity index (χ3n) is 2.99. The van der Waals surface area contributed by atoms with Gasteiger partial charge in [0, 0.05) is 27.7 Å². The van der Waals surface area contributed by atoms with E-state index >= 15 is 0 Å². The third kappa shape index (κ3) is 5.46. The van der Waals surface area contributed by atoms with Gasteiger partial charge in [0.15, 0.2) is 12.2 Å². The zero-order chi connectivity index (χ0) is 18.5. The van der Waals surface area contributed by atoms with E-state index in [0.29, 0.717) is 0 Å². The Kier molecular flexibility index (Phi) is 6.67. The fourth-order valence-corrected chi connectivity index (χ4v) is 2.16. The Hall–Kier alpha value is -2.20. The van der Waals surface area contributed by atoms with Gasteiger partial charge in [-0.25, -0.2) is 0 Å². The highest BCUT2D eigenvalue weighted by Crippen LogP contribution is 2.34. The highest BCUT2D eigenvalue weighted by Gasteiger charge is 2.59. The SMILES string of the molecule is CC(=O)OC[C@H]1O[C@@](O)(COC(C)=O)[C@@H](OC(C)=O)[C@H]1OC(C)=O. The van der Waals surface area contributed by atoms with Crippen LogP contribution >= 0.6 is 0 Å². The van der Waals surface area contributed by atoms with Crippen molar-refractivity contribution in [3.63, 3.8) is 0 Å². The van der Waals surface area contributed by atoms with E-state index in [1.54, 1.807) is 0 Å². The van der Waals surface area contributed by atoms with E-state index in [4.69, 9.17) is 23.7 Å². The van der Waals surface area contributed by atoms with E-state index < -0.39 is 54.6 Å². The maximum absolute atomic E-state index is 11.3. The standard InChI is InChI=1S/C14H20O10/c1-7(15)20-5-11-12(22-9(3)17)13(23-10(4)18)14(19,24-11)6-21-8(2)16/h11-13,19H,5-6H2,1-4H3/t11-,12+,13+,14+/m1/s1. The van der Waals surface area contributed by atoms with Crippen LogP contribution in [-0.4, -0.2) is 66.3 Å². The molecule has 0 unspecified atom stereocenters. The van der Waals surface area contributed by atoms with E-state index in [2.05, 4.69) is 0 Å². The van der Waals surface area contributed by atoms with Crippen LogP contribution in [0, 0.1) is 0 Å². The zero-order valence-electron chi connectivity index (χ0n) is 13.8. The normalized spacial score (nSPS) is 28.8. The summed E-state index contributed by atoms with van der Waals surface area (Å²) in [5, 5.41) is 10.6. The van der Waals surface area contributed by atoms with Crippen molar-refractivity contribution in [3.8, 4) is 0 Å². The lowest BCUT2D eigenvalue weighted by Crippen LogP contribution is -2.50. The van der Waals surface area contributed by atoms with E-state index in [9.17, 15) is 24.3 Å². The highest BCUT2D eigenvalue weighted by atomic mass is 16.7. The number of carbonyl (C=O) groups excluding carboxylic acids is 4. The lowest BCUT2D eigenvalue weighted by molar-refractivity contribution is -0.257. The van der Waals surface area contributed by atoms with Crippen LogP contribution in [0.1, 0.15) is 27.7 Å². The minimum Gasteiger partial charge on any atom is -0.463 e. The summed E-state index contributed by atoms with van der Waals surface area (Å²) in [7, 11) is 0. The van der Waals surface area contributed by atoms with Crippen LogP contribution in [0.5, 0.6) is 0 Å². The molecule has 0 aromatic carbocycles. The Morgan fingerprint density at radius 3 is 1.92 bits per heavy atom. The third-order valence-corrected chi connectivity index (χ3v) is 2.99. The number of carbonyl (C=O) groups is 4. The first kappa shape index (κ1) is 19.8. The van der Waals surface area contributed by atoms with E-state index in [1.165, 1.54) is 0 Å². The van der Waals surface area contributed by atoms with Gasteiger partial charge in [0.05, 0.1) is 0 Å². The van der Waals surface area contributed by atoms with Gasteiger partial charge in [-0.3, -0.25) is 19.2 Å². The topological polar surface area (TPSA) is 135 Å². The van der Waals surface area contributed by atoms with Crippen LogP contribution in [0.25, 0.3) is 0 Å². The van der Waals surface area contributed by atoms with Crippen molar-refractivity contribution >= 4 is 23.9 Å². The lowest BCUT2D eigenvalue weighted by atomic mass is 10.1. The molecule has 1 rings (SSSR count). The van der Waals surface area contributed by atoms with E-state index in [-0.39, 0.29) is 6.61 Å². The smallest absolute Gasteiger partial charge is 0.303 e. The average molecular weight is 348 g/mol. The first-order valence-corrected chi connectivity index (χ1v) is 7.06. The van der Waals surface area contributed by atoms with Gasteiger partial charge < -0.3 is 28.8 Å². The Morgan fingerprint density at radius 2 is 1.46 bits per heavy atom. The fraction of sp³-hybridized carbons (Fsp3) is 0.714. The van der Waals surface area contributed by atoms with Crippen molar-refractivity contribution in [1.29, 1.82) is 0 Å². The first-order chi connectivity index (χ1) is 11.0. The Bertz CT molecular complexity index is 516. The molecule has 1 N–H and O–H groups in total. The molecule has 1 aliphatic heterocycles. The second kappa shape index (κ2) is 8.06. The molecule has 1 heterocycles. The predicted molar refractivity (Wildman–Crippen MR) is 74.2 cm³/mol. The molecular formula is C14H20O10. The van der Waals surface area contributed by atoms with Gasteiger partial charge in [0.1, 0.15) is 19.3 Å².